The Morgan fingerprint density at radius 3 is 2.00 bits per heavy atom. The lowest BCUT2D eigenvalue weighted by atomic mass is 9.73. The molecule has 1 heterocycles. The van der Waals surface area contributed by atoms with Crippen molar-refractivity contribution in [1.82, 2.24) is 5.06 Å². The van der Waals surface area contributed by atoms with Gasteiger partial charge in [0.1, 0.15) is 0 Å². The summed E-state index contributed by atoms with van der Waals surface area (Å²) in [5, 5.41) is 2.28. The van der Waals surface area contributed by atoms with E-state index in [1.165, 1.54) is 5.56 Å². The first kappa shape index (κ1) is 22.4. The molecule has 0 aliphatic carbocycles. The molecule has 154 valence electrons. The van der Waals surface area contributed by atoms with E-state index in [4.69, 9.17) is 14.3 Å². The Bertz CT molecular complexity index is 548. The van der Waals surface area contributed by atoms with E-state index in [-0.39, 0.29) is 11.1 Å². The molecule has 1 aliphatic rings. The molecule has 27 heavy (non-hydrogen) atoms. The number of rotatable bonds is 10. The monoisotopic (exact) mass is 377 g/mol. The lowest BCUT2D eigenvalue weighted by Gasteiger charge is -2.59. The van der Waals surface area contributed by atoms with Gasteiger partial charge < -0.3 is 9.47 Å². The van der Waals surface area contributed by atoms with E-state index >= 15 is 0 Å². The van der Waals surface area contributed by atoms with Crippen LogP contribution in [0.5, 0.6) is 0 Å². The standard InChI is InChI=1S/C23H39NO3/c1-7-22(8-2)19-23(25-9-3,26-10-4)18-21(5,6)24(22)27-17-16-20-14-12-11-13-15-20/h11-15H,7-10,16-19H2,1-6H3. The van der Waals surface area contributed by atoms with Gasteiger partial charge in [0.2, 0.25) is 0 Å². The van der Waals surface area contributed by atoms with Crippen molar-refractivity contribution in [3.63, 3.8) is 0 Å². The highest BCUT2D eigenvalue weighted by Gasteiger charge is 2.57. The lowest BCUT2D eigenvalue weighted by Crippen LogP contribution is -2.68. The second kappa shape index (κ2) is 9.51. The number of ether oxygens (including phenoxy) is 2. The zero-order valence-electron chi connectivity index (χ0n) is 18.2. The Kier molecular flexibility index (Phi) is 7.87. The molecule has 1 aliphatic heterocycles. The van der Waals surface area contributed by atoms with Gasteiger partial charge in [0.25, 0.3) is 0 Å². The van der Waals surface area contributed by atoms with Crippen LogP contribution in [-0.2, 0) is 20.7 Å². The van der Waals surface area contributed by atoms with Gasteiger partial charge in [-0.3, -0.25) is 4.84 Å². The Labute approximate surface area is 166 Å². The summed E-state index contributed by atoms with van der Waals surface area (Å²) in [6.45, 7) is 15.1. The number of hydrogen-bond donors (Lipinski definition) is 0. The smallest absolute Gasteiger partial charge is 0.171 e. The first-order chi connectivity index (χ1) is 12.9. The van der Waals surface area contributed by atoms with E-state index in [1.54, 1.807) is 0 Å². The second-order valence-electron chi connectivity index (χ2n) is 8.24. The third kappa shape index (κ3) is 5.11. The largest absolute Gasteiger partial charge is 0.350 e. The van der Waals surface area contributed by atoms with E-state index in [9.17, 15) is 0 Å². The second-order valence-corrected chi connectivity index (χ2v) is 8.24. The number of hydroxylamine groups is 2. The molecule has 0 bridgehead atoms. The van der Waals surface area contributed by atoms with Crippen LogP contribution in [-0.4, -0.2) is 41.7 Å². The average molecular weight is 378 g/mol. The number of piperidine rings is 1. The van der Waals surface area contributed by atoms with Gasteiger partial charge in [0.05, 0.1) is 12.1 Å². The molecule has 0 radical (unpaired) electrons. The molecule has 0 atom stereocenters. The maximum absolute atomic E-state index is 6.47. The third-order valence-corrected chi connectivity index (χ3v) is 5.87. The van der Waals surface area contributed by atoms with E-state index in [2.05, 4.69) is 76.9 Å². The molecule has 1 fully saturated rings. The highest BCUT2D eigenvalue weighted by Crippen LogP contribution is 2.49. The number of nitrogens with zero attached hydrogens (tertiary/aromatic N) is 1. The molecule has 0 unspecified atom stereocenters. The molecule has 2 rings (SSSR count). The summed E-state index contributed by atoms with van der Waals surface area (Å²) in [6, 6.07) is 10.5. The zero-order chi connectivity index (χ0) is 20.0. The van der Waals surface area contributed by atoms with Gasteiger partial charge in [-0.15, -0.1) is 0 Å². The predicted octanol–water partition coefficient (Wildman–Crippen LogP) is 5.36. The van der Waals surface area contributed by atoms with Crippen molar-refractivity contribution in [2.24, 2.45) is 0 Å². The van der Waals surface area contributed by atoms with Crippen molar-refractivity contribution in [1.29, 1.82) is 0 Å². The molecule has 1 saturated heterocycles. The minimum absolute atomic E-state index is 0.0945. The fourth-order valence-electron chi connectivity index (χ4n) is 4.78. The summed E-state index contributed by atoms with van der Waals surface area (Å²) < 4.78 is 12.4. The van der Waals surface area contributed by atoms with Crippen LogP contribution in [0.25, 0.3) is 0 Å². The van der Waals surface area contributed by atoms with Gasteiger partial charge in [0.15, 0.2) is 5.79 Å². The number of hydrogen-bond acceptors (Lipinski definition) is 4. The summed E-state index contributed by atoms with van der Waals surface area (Å²) >= 11 is 0. The number of benzene rings is 1. The first-order valence-electron chi connectivity index (χ1n) is 10.6. The fraction of sp³-hybridized carbons (Fsp3) is 0.739. The van der Waals surface area contributed by atoms with E-state index < -0.39 is 5.79 Å². The van der Waals surface area contributed by atoms with Crippen LogP contribution in [0.3, 0.4) is 0 Å². The van der Waals surface area contributed by atoms with Gasteiger partial charge in [-0.2, -0.15) is 5.06 Å². The van der Waals surface area contributed by atoms with E-state index in [1.807, 2.05) is 0 Å². The Balaban J connectivity index is 2.21. The maximum Gasteiger partial charge on any atom is 0.171 e. The van der Waals surface area contributed by atoms with Crippen molar-refractivity contribution in [3.8, 4) is 0 Å². The van der Waals surface area contributed by atoms with Gasteiger partial charge >= 0.3 is 0 Å². The highest BCUT2D eigenvalue weighted by atomic mass is 16.7. The van der Waals surface area contributed by atoms with Gasteiger partial charge in [0, 0.05) is 31.6 Å². The van der Waals surface area contributed by atoms with Crippen LogP contribution in [0, 0.1) is 0 Å². The Morgan fingerprint density at radius 2 is 1.48 bits per heavy atom. The minimum atomic E-state index is -0.529. The molecule has 0 spiro atoms. The predicted molar refractivity (Wildman–Crippen MR) is 111 cm³/mol. The maximum atomic E-state index is 6.47. The van der Waals surface area contributed by atoms with Gasteiger partial charge in [-0.25, -0.2) is 0 Å². The minimum Gasteiger partial charge on any atom is -0.350 e. The van der Waals surface area contributed by atoms with Crippen molar-refractivity contribution in [2.45, 2.75) is 90.5 Å². The topological polar surface area (TPSA) is 30.9 Å². The van der Waals surface area contributed by atoms with Crippen LogP contribution < -0.4 is 0 Å². The summed E-state index contributed by atoms with van der Waals surface area (Å²) in [6.07, 6.45) is 4.55. The Hall–Kier alpha value is -0.940. The summed E-state index contributed by atoms with van der Waals surface area (Å²) in [7, 11) is 0. The third-order valence-electron chi connectivity index (χ3n) is 5.87. The van der Waals surface area contributed by atoms with Gasteiger partial charge in [-0.05, 0) is 52.5 Å². The summed E-state index contributed by atoms with van der Waals surface area (Å²) in [5.74, 6) is -0.529. The van der Waals surface area contributed by atoms with Crippen molar-refractivity contribution in [3.05, 3.63) is 35.9 Å². The molecule has 0 saturated carbocycles. The first-order valence-corrected chi connectivity index (χ1v) is 10.6. The highest BCUT2D eigenvalue weighted by molar-refractivity contribution is 5.14. The molecule has 0 aromatic heterocycles. The lowest BCUT2D eigenvalue weighted by molar-refractivity contribution is -0.362. The summed E-state index contributed by atoms with van der Waals surface area (Å²) in [5.41, 5.74) is 1.04. The molecule has 1 aromatic carbocycles. The van der Waals surface area contributed by atoms with Crippen LogP contribution in [0.1, 0.15) is 72.8 Å². The fourth-order valence-corrected chi connectivity index (χ4v) is 4.78. The molecule has 0 N–H and O–H groups in total. The van der Waals surface area contributed by atoms with Gasteiger partial charge in [-0.1, -0.05) is 44.2 Å². The van der Waals surface area contributed by atoms with Crippen LogP contribution in [0.4, 0.5) is 0 Å². The Morgan fingerprint density at radius 1 is 0.889 bits per heavy atom. The molecular weight excluding hydrogens is 338 g/mol. The zero-order valence-corrected chi connectivity index (χ0v) is 18.2. The average Bonchev–Trinajstić information content (AvgIpc) is 2.64. The normalized spacial score (nSPS) is 21.3. The van der Waals surface area contributed by atoms with Crippen molar-refractivity contribution < 1.29 is 14.3 Å². The van der Waals surface area contributed by atoms with Crippen molar-refractivity contribution in [2.75, 3.05) is 19.8 Å². The molecule has 0 amide bonds. The van der Waals surface area contributed by atoms with Crippen LogP contribution >= 0.6 is 0 Å². The molecular formula is C23H39NO3. The van der Waals surface area contributed by atoms with Crippen LogP contribution in [0.15, 0.2) is 30.3 Å². The quantitative estimate of drug-likeness (QED) is 0.513. The molecule has 4 heteroatoms. The SMILES string of the molecule is CCOC1(OCC)CC(C)(C)N(OCCc2ccccc2)C(CC)(CC)C1. The van der Waals surface area contributed by atoms with Crippen LogP contribution in [0.2, 0.25) is 0 Å². The molecule has 1 aromatic rings. The molecule has 4 nitrogen and oxygen atoms in total. The summed E-state index contributed by atoms with van der Waals surface area (Å²) in [4.78, 5) is 6.47. The van der Waals surface area contributed by atoms with Crippen molar-refractivity contribution >= 4 is 0 Å². The van der Waals surface area contributed by atoms with E-state index in [0.717, 1.165) is 32.1 Å². The van der Waals surface area contributed by atoms with E-state index in [0.29, 0.717) is 19.8 Å².